The fourth-order valence-electron chi connectivity index (χ4n) is 3.46. The second kappa shape index (κ2) is 8.77. The average molecular weight is 413 g/mol. The van der Waals surface area contributed by atoms with E-state index in [0.29, 0.717) is 18.0 Å². The summed E-state index contributed by atoms with van der Waals surface area (Å²) in [6.45, 7) is 6.37. The molecule has 0 aromatic heterocycles. The lowest BCUT2D eigenvalue weighted by atomic mass is 10.0. The van der Waals surface area contributed by atoms with Crippen molar-refractivity contribution in [3.8, 4) is 0 Å². The van der Waals surface area contributed by atoms with Gasteiger partial charge in [0.15, 0.2) is 6.10 Å². The highest BCUT2D eigenvalue weighted by Gasteiger charge is 2.50. The molecule has 1 aromatic carbocycles. The number of hydrogen-bond donors (Lipinski definition) is 2. The van der Waals surface area contributed by atoms with Gasteiger partial charge < -0.3 is 14.2 Å². The number of rotatable bonds is 7. The van der Waals surface area contributed by atoms with Crippen molar-refractivity contribution >= 4 is 21.8 Å². The quantitative estimate of drug-likeness (QED) is 0.712. The van der Waals surface area contributed by atoms with Gasteiger partial charge in [-0.3, -0.25) is 5.32 Å². The van der Waals surface area contributed by atoms with E-state index in [9.17, 15) is 13.2 Å². The van der Waals surface area contributed by atoms with Crippen LogP contribution in [0, 0.1) is 0 Å². The second-order valence-electron chi connectivity index (χ2n) is 7.48. The van der Waals surface area contributed by atoms with Crippen LogP contribution in [0.2, 0.25) is 0 Å². The molecule has 28 heavy (non-hydrogen) atoms. The van der Waals surface area contributed by atoms with Gasteiger partial charge in [-0.1, -0.05) is 32.9 Å². The zero-order valence-corrected chi connectivity index (χ0v) is 17.2. The molecule has 8 nitrogen and oxygen atoms in total. The maximum absolute atomic E-state index is 12.2. The van der Waals surface area contributed by atoms with Gasteiger partial charge in [0.05, 0.1) is 25.0 Å². The summed E-state index contributed by atoms with van der Waals surface area (Å²) in [5.74, 6) is 0.467. The van der Waals surface area contributed by atoms with Crippen molar-refractivity contribution in [3.63, 3.8) is 0 Å². The molecule has 4 atom stereocenters. The Morgan fingerprint density at radius 3 is 2.50 bits per heavy atom. The molecule has 3 rings (SSSR count). The number of carbonyl (C=O) groups excluding carboxylic acids is 1. The van der Waals surface area contributed by atoms with Crippen molar-refractivity contribution < 1.29 is 27.4 Å². The highest BCUT2D eigenvalue weighted by atomic mass is 32.2. The van der Waals surface area contributed by atoms with Crippen molar-refractivity contribution in [2.24, 2.45) is 0 Å². The van der Waals surface area contributed by atoms with Crippen LogP contribution in [0.1, 0.15) is 38.7 Å². The fourth-order valence-corrected chi connectivity index (χ4v) is 4.78. The van der Waals surface area contributed by atoms with Crippen LogP contribution in [0.25, 0.3) is 0 Å². The smallest absolute Gasteiger partial charge is 0.412 e. The zero-order chi connectivity index (χ0) is 20.3. The molecular formula is C19H28N2O6S. The predicted octanol–water partition coefficient (Wildman–Crippen LogP) is 2.22. The van der Waals surface area contributed by atoms with E-state index in [1.807, 2.05) is 24.3 Å². The first kappa shape index (κ1) is 21.0. The molecule has 2 fully saturated rings. The van der Waals surface area contributed by atoms with Crippen LogP contribution < -0.4 is 10.0 Å². The molecule has 0 bridgehead atoms. The monoisotopic (exact) mass is 412 g/mol. The number of carbonyl (C=O) groups is 1. The maximum atomic E-state index is 12.2. The third-order valence-corrected chi connectivity index (χ3v) is 6.50. The summed E-state index contributed by atoms with van der Waals surface area (Å²) >= 11 is 0. The summed E-state index contributed by atoms with van der Waals surface area (Å²) in [6, 6.07) is 7.11. The largest absolute Gasteiger partial charge is 0.441 e. The van der Waals surface area contributed by atoms with Gasteiger partial charge in [-0.15, -0.1) is 0 Å². The summed E-state index contributed by atoms with van der Waals surface area (Å²) in [4.78, 5) is 12.2. The predicted molar refractivity (Wildman–Crippen MR) is 105 cm³/mol. The van der Waals surface area contributed by atoms with Gasteiger partial charge in [-0.25, -0.2) is 17.9 Å². The molecule has 0 unspecified atom stereocenters. The Morgan fingerprint density at radius 1 is 1.18 bits per heavy atom. The van der Waals surface area contributed by atoms with Crippen molar-refractivity contribution in [2.45, 2.75) is 57.5 Å². The molecule has 1 amide bonds. The van der Waals surface area contributed by atoms with Crippen molar-refractivity contribution in [1.82, 2.24) is 4.72 Å². The number of fused-ring (bicyclic) bond motifs is 1. The van der Waals surface area contributed by atoms with Crippen LogP contribution in [0.15, 0.2) is 24.3 Å². The molecule has 2 heterocycles. The third kappa shape index (κ3) is 5.02. The number of benzene rings is 1. The highest BCUT2D eigenvalue weighted by molar-refractivity contribution is 7.89. The first-order valence-corrected chi connectivity index (χ1v) is 11.2. The van der Waals surface area contributed by atoms with Crippen LogP contribution in [-0.4, -0.2) is 57.8 Å². The SMILES string of the molecule is CCCS(=O)(=O)N[C@H]1CO[C@H]2[C@@H]1OC[C@H]2OC(=O)Nc1ccc(C(C)C)cc1. The molecule has 0 saturated carbocycles. The molecule has 1 aromatic rings. The Hall–Kier alpha value is -1.68. The van der Waals surface area contributed by atoms with Crippen LogP contribution in [0.5, 0.6) is 0 Å². The first-order valence-electron chi connectivity index (χ1n) is 9.60. The van der Waals surface area contributed by atoms with Gasteiger partial charge in [0.2, 0.25) is 10.0 Å². The number of ether oxygens (including phenoxy) is 3. The number of sulfonamides is 1. The van der Waals surface area contributed by atoms with Crippen molar-refractivity contribution in [1.29, 1.82) is 0 Å². The lowest BCUT2D eigenvalue weighted by Crippen LogP contribution is -2.45. The van der Waals surface area contributed by atoms with Crippen LogP contribution in [0.3, 0.4) is 0 Å². The molecule has 0 spiro atoms. The Labute approximate surface area is 166 Å². The standard InChI is InChI=1S/C19H28N2O6S/c1-4-9-28(23,24)21-15-10-25-18-16(11-26-17(15)18)27-19(22)20-14-7-5-13(6-8-14)12(2)3/h5-8,12,15-18,21H,4,9-11H2,1-3H3,(H,20,22)/t15-,16+,17+,18+/m0/s1. The van der Waals surface area contributed by atoms with Crippen LogP contribution in [0.4, 0.5) is 10.5 Å². The highest BCUT2D eigenvalue weighted by Crippen LogP contribution is 2.29. The Bertz CT molecular complexity index is 780. The van der Waals surface area contributed by atoms with E-state index in [1.54, 1.807) is 6.92 Å². The third-order valence-electron chi connectivity index (χ3n) is 4.89. The lowest BCUT2D eigenvalue weighted by molar-refractivity contribution is 0.00883. The Morgan fingerprint density at radius 2 is 1.86 bits per heavy atom. The van der Waals surface area contributed by atoms with Gasteiger partial charge in [0.1, 0.15) is 12.2 Å². The minimum atomic E-state index is -3.37. The summed E-state index contributed by atoms with van der Waals surface area (Å²) in [7, 11) is -3.37. The molecule has 2 aliphatic rings. The first-order chi connectivity index (χ1) is 13.3. The molecule has 0 aliphatic carbocycles. The summed E-state index contributed by atoms with van der Waals surface area (Å²) in [6.07, 6.45) is -1.59. The molecule has 2 saturated heterocycles. The normalized spacial score (nSPS) is 27.0. The number of amides is 1. The van der Waals surface area contributed by atoms with Crippen molar-refractivity contribution in [3.05, 3.63) is 29.8 Å². The molecule has 2 N–H and O–H groups in total. The lowest BCUT2D eigenvalue weighted by Gasteiger charge is -2.18. The number of anilines is 1. The van der Waals surface area contributed by atoms with Gasteiger partial charge in [0, 0.05) is 5.69 Å². The molecule has 2 aliphatic heterocycles. The molecule has 156 valence electrons. The van der Waals surface area contributed by atoms with Crippen LogP contribution in [-0.2, 0) is 24.2 Å². The average Bonchev–Trinajstić information content (AvgIpc) is 3.19. The minimum absolute atomic E-state index is 0.0544. The maximum Gasteiger partial charge on any atom is 0.412 e. The van der Waals surface area contributed by atoms with Gasteiger partial charge in [-0.05, 0) is 30.0 Å². The van der Waals surface area contributed by atoms with Gasteiger partial charge >= 0.3 is 6.09 Å². The van der Waals surface area contributed by atoms with Gasteiger partial charge in [-0.2, -0.15) is 0 Å². The van der Waals surface area contributed by atoms with E-state index in [4.69, 9.17) is 14.2 Å². The van der Waals surface area contributed by atoms with Crippen LogP contribution >= 0.6 is 0 Å². The van der Waals surface area contributed by atoms with E-state index < -0.39 is 40.5 Å². The van der Waals surface area contributed by atoms with E-state index in [2.05, 4.69) is 23.9 Å². The molecule has 9 heteroatoms. The second-order valence-corrected chi connectivity index (χ2v) is 9.36. The summed E-state index contributed by atoms with van der Waals surface area (Å²) in [5, 5.41) is 2.70. The Balaban J connectivity index is 1.53. The number of hydrogen-bond acceptors (Lipinski definition) is 6. The van der Waals surface area contributed by atoms with E-state index in [1.165, 1.54) is 5.56 Å². The van der Waals surface area contributed by atoms with Gasteiger partial charge in [0.25, 0.3) is 0 Å². The minimum Gasteiger partial charge on any atom is -0.441 e. The fraction of sp³-hybridized carbons (Fsp3) is 0.632. The number of nitrogens with one attached hydrogen (secondary N) is 2. The molecule has 0 radical (unpaired) electrons. The topological polar surface area (TPSA) is 103 Å². The van der Waals surface area contributed by atoms with E-state index >= 15 is 0 Å². The van der Waals surface area contributed by atoms with E-state index in [-0.39, 0.29) is 19.0 Å². The zero-order valence-electron chi connectivity index (χ0n) is 16.4. The summed E-state index contributed by atoms with van der Waals surface area (Å²) < 4.78 is 43.4. The summed E-state index contributed by atoms with van der Waals surface area (Å²) in [5.41, 5.74) is 1.82. The Kier molecular flexibility index (Phi) is 6.59. The van der Waals surface area contributed by atoms with Crippen molar-refractivity contribution in [2.75, 3.05) is 24.3 Å². The molecular weight excluding hydrogens is 384 g/mol. The van der Waals surface area contributed by atoms with E-state index in [0.717, 1.165) is 0 Å².